The van der Waals surface area contributed by atoms with Crippen LogP contribution in [0.3, 0.4) is 0 Å². The van der Waals surface area contributed by atoms with Crippen LogP contribution in [0.1, 0.15) is 18.4 Å². The summed E-state index contributed by atoms with van der Waals surface area (Å²) < 4.78 is 0. The van der Waals surface area contributed by atoms with Crippen LogP contribution in [-0.2, 0) is 0 Å². The first-order valence-electron chi connectivity index (χ1n) is 9.00. The van der Waals surface area contributed by atoms with E-state index in [4.69, 9.17) is 0 Å². The molecule has 0 bridgehead atoms. The summed E-state index contributed by atoms with van der Waals surface area (Å²) >= 11 is 0. The van der Waals surface area contributed by atoms with Gasteiger partial charge < -0.3 is 5.11 Å². The van der Waals surface area contributed by atoms with E-state index < -0.39 is 0 Å². The molecule has 26 heavy (non-hydrogen) atoms. The van der Waals surface area contributed by atoms with Gasteiger partial charge in [0.1, 0.15) is 5.75 Å². The summed E-state index contributed by atoms with van der Waals surface area (Å²) in [5.41, 5.74) is 0.781. The molecule has 0 fully saturated rings. The molecule has 1 N–H and O–H groups in total. The smallest absolute Gasteiger partial charge is 0.124 e. The van der Waals surface area contributed by atoms with Crippen molar-refractivity contribution in [1.29, 1.82) is 0 Å². The van der Waals surface area contributed by atoms with Crippen LogP contribution in [0.2, 0.25) is 0 Å². The number of rotatable bonds is 8. The number of phenols is 1. The van der Waals surface area contributed by atoms with Crippen molar-refractivity contribution in [3.8, 4) is 5.75 Å². The molecule has 132 valence electrons. The molecular formula is C23H24NOP. The number of nitrogens with zero attached hydrogens (tertiary/aromatic N) is 1. The zero-order chi connectivity index (χ0) is 18.0. The predicted molar refractivity (Wildman–Crippen MR) is 114 cm³/mol. The van der Waals surface area contributed by atoms with Crippen LogP contribution in [0.5, 0.6) is 5.75 Å². The lowest BCUT2D eigenvalue weighted by atomic mass is 10.2. The van der Waals surface area contributed by atoms with E-state index in [0.717, 1.165) is 24.9 Å². The molecule has 0 spiro atoms. The Labute approximate surface area is 157 Å². The fourth-order valence-corrected chi connectivity index (χ4v) is 5.27. The van der Waals surface area contributed by atoms with Gasteiger partial charge in [-0.1, -0.05) is 72.8 Å². The summed E-state index contributed by atoms with van der Waals surface area (Å²) in [6, 6.07) is 29.0. The Morgan fingerprint density at radius 1 is 0.731 bits per heavy atom. The van der Waals surface area contributed by atoms with Crippen molar-refractivity contribution >= 4 is 24.7 Å². The van der Waals surface area contributed by atoms with Crippen LogP contribution >= 0.6 is 7.92 Å². The third kappa shape index (κ3) is 5.28. The monoisotopic (exact) mass is 361 g/mol. The summed E-state index contributed by atoms with van der Waals surface area (Å²) in [6.07, 6.45) is 5.15. The zero-order valence-electron chi connectivity index (χ0n) is 14.8. The lowest BCUT2D eigenvalue weighted by molar-refractivity contribution is 0.474. The standard InChI is InChI=1S/C23H24NOP/c25-23-16-8-7-11-20(23)19-24-17-9-10-18-26(21-12-3-1-4-13-21)22-14-5-2-6-15-22/h1-8,11-16,19,25H,9-10,17-18H2. The van der Waals surface area contributed by atoms with Gasteiger partial charge in [0.05, 0.1) is 0 Å². The normalized spacial score (nSPS) is 11.3. The maximum absolute atomic E-state index is 9.75. The highest BCUT2D eigenvalue weighted by molar-refractivity contribution is 7.73. The summed E-state index contributed by atoms with van der Waals surface area (Å²) in [7, 11) is -0.313. The molecule has 0 atom stereocenters. The van der Waals surface area contributed by atoms with Crippen LogP contribution in [0.25, 0.3) is 0 Å². The summed E-state index contributed by atoms with van der Waals surface area (Å²) in [4.78, 5) is 4.47. The fraction of sp³-hybridized carbons (Fsp3) is 0.174. The molecule has 0 aliphatic heterocycles. The highest BCUT2D eigenvalue weighted by Gasteiger charge is 2.12. The Morgan fingerprint density at radius 2 is 1.31 bits per heavy atom. The van der Waals surface area contributed by atoms with Crippen molar-refractivity contribution in [2.45, 2.75) is 12.8 Å². The Bertz CT molecular complexity index is 778. The Kier molecular flexibility index (Phi) is 6.98. The second kappa shape index (κ2) is 9.89. The Hall–Kier alpha value is -2.44. The number of para-hydroxylation sites is 1. The van der Waals surface area contributed by atoms with Crippen molar-refractivity contribution < 1.29 is 5.11 Å². The van der Waals surface area contributed by atoms with E-state index in [-0.39, 0.29) is 13.7 Å². The van der Waals surface area contributed by atoms with E-state index in [1.165, 1.54) is 16.8 Å². The summed E-state index contributed by atoms with van der Waals surface area (Å²) in [6.45, 7) is 0.793. The zero-order valence-corrected chi connectivity index (χ0v) is 15.7. The summed E-state index contributed by atoms with van der Waals surface area (Å²) in [5.74, 6) is 0.285. The third-order valence-electron chi connectivity index (χ3n) is 4.22. The lowest BCUT2D eigenvalue weighted by Gasteiger charge is -2.18. The quantitative estimate of drug-likeness (QED) is 0.351. The minimum absolute atomic E-state index is 0.285. The number of benzene rings is 3. The van der Waals surface area contributed by atoms with Gasteiger partial charge in [-0.2, -0.15) is 0 Å². The number of unbranched alkanes of at least 4 members (excludes halogenated alkanes) is 1. The molecule has 0 aliphatic rings. The molecular weight excluding hydrogens is 337 g/mol. The first kappa shape index (κ1) is 18.4. The molecule has 0 aliphatic carbocycles. The van der Waals surface area contributed by atoms with Crippen LogP contribution in [0, 0.1) is 0 Å². The minimum Gasteiger partial charge on any atom is -0.507 e. The van der Waals surface area contributed by atoms with Gasteiger partial charge in [-0.3, -0.25) is 4.99 Å². The average Bonchev–Trinajstić information content (AvgIpc) is 2.70. The second-order valence-electron chi connectivity index (χ2n) is 6.12. The molecule has 0 heterocycles. The van der Waals surface area contributed by atoms with Gasteiger partial charge in [0.15, 0.2) is 0 Å². The molecule has 0 saturated heterocycles. The molecule has 3 heteroatoms. The molecule has 3 aromatic rings. The average molecular weight is 361 g/mol. The van der Waals surface area contributed by atoms with Crippen LogP contribution in [0.15, 0.2) is 89.9 Å². The first-order valence-corrected chi connectivity index (χ1v) is 10.5. The van der Waals surface area contributed by atoms with E-state index >= 15 is 0 Å². The van der Waals surface area contributed by atoms with Gasteiger partial charge in [0.2, 0.25) is 0 Å². The predicted octanol–water partition coefficient (Wildman–Crippen LogP) is 4.72. The number of phenolic OH excluding ortho intramolecular Hbond substituents is 1. The van der Waals surface area contributed by atoms with Gasteiger partial charge in [0.25, 0.3) is 0 Å². The highest BCUT2D eigenvalue weighted by Crippen LogP contribution is 2.34. The van der Waals surface area contributed by atoms with Gasteiger partial charge in [0, 0.05) is 18.3 Å². The van der Waals surface area contributed by atoms with E-state index in [1.54, 1.807) is 12.3 Å². The van der Waals surface area contributed by atoms with E-state index in [9.17, 15) is 5.11 Å². The number of aliphatic imine (C=N–C) groups is 1. The third-order valence-corrected chi connectivity index (χ3v) is 6.83. The number of hydrogen-bond acceptors (Lipinski definition) is 2. The largest absolute Gasteiger partial charge is 0.507 e. The maximum Gasteiger partial charge on any atom is 0.124 e. The van der Waals surface area contributed by atoms with Gasteiger partial charge in [-0.05, 0) is 49.7 Å². The van der Waals surface area contributed by atoms with Gasteiger partial charge in [-0.15, -0.1) is 0 Å². The Morgan fingerprint density at radius 3 is 1.92 bits per heavy atom. The molecule has 0 amide bonds. The van der Waals surface area contributed by atoms with Crippen molar-refractivity contribution in [2.75, 3.05) is 12.7 Å². The van der Waals surface area contributed by atoms with Crippen molar-refractivity contribution in [2.24, 2.45) is 4.99 Å². The lowest BCUT2D eigenvalue weighted by Crippen LogP contribution is -2.13. The van der Waals surface area contributed by atoms with E-state index in [0.29, 0.717) is 0 Å². The molecule has 0 radical (unpaired) electrons. The highest BCUT2D eigenvalue weighted by atomic mass is 31.1. The first-order chi connectivity index (χ1) is 12.8. The van der Waals surface area contributed by atoms with Gasteiger partial charge >= 0.3 is 0 Å². The maximum atomic E-state index is 9.75. The Balaban J connectivity index is 1.55. The van der Waals surface area contributed by atoms with Crippen molar-refractivity contribution in [1.82, 2.24) is 0 Å². The topological polar surface area (TPSA) is 32.6 Å². The van der Waals surface area contributed by atoms with E-state index in [1.807, 2.05) is 18.2 Å². The molecule has 3 aromatic carbocycles. The molecule has 0 unspecified atom stereocenters. The van der Waals surface area contributed by atoms with Crippen LogP contribution < -0.4 is 10.6 Å². The summed E-state index contributed by atoms with van der Waals surface area (Å²) in [5, 5.41) is 12.6. The molecule has 0 aromatic heterocycles. The SMILES string of the molecule is Oc1ccccc1C=NCCCCP(c1ccccc1)c1ccccc1. The second-order valence-corrected chi connectivity index (χ2v) is 8.46. The van der Waals surface area contributed by atoms with E-state index in [2.05, 4.69) is 65.7 Å². The fourth-order valence-electron chi connectivity index (χ4n) is 2.86. The minimum atomic E-state index is -0.313. The molecule has 0 saturated carbocycles. The van der Waals surface area contributed by atoms with Crippen molar-refractivity contribution in [3.05, 3.63) is 90.5 Å². The molecule has 2 nitrogen and oxygen atoms in total. The number of hydrogen-bond donors (Lipinski definition) is 1. The van der Waals surface area contributed by atoms with Crippen molar-refractivity contribution in [3.63, 3.8) is 0 Å². The van der Waals surface area contributed by atoms with Gasteiger partial charge in [-0.25, -0.2) is 0 Å². The number of aromatic hydroxyl groups is 1. The van der Waals surface area contributed by atoms with Crippen LogP contribution in [0.4, 0.5) is 0 Å². The van der Waals surface area contributed by atoms with Crippen LogP contribution in [-0.4, -0.2) is 24.0 Å². The molecule has 3 rings (SSSR count).